The molecule has 0 aliphatic rings. The second-order valence-electron chi connectivity index (χ2n) is 26.8. The molecule has 16 nitrogen and oxygen atoms in total. The van der Waals surface area contributed by atoms with Gasteiger partial charge in [-0.15, -0.1) is 0 Å². The summed E-state index contributed by atoms with van der Waals surface area (Å²) in [6, 6.07) is 0. The van der Waals surface area contributed by atoms with Gasteiger partial charge in [0, 0.05) is 19.3 Å². The summed E-state index contributed by atoms with van der Waals surface area (Å²) in [5, 5.41) is 20.6. The molecule has 0 aromatic heterocycles. The number of hydrogen-bond acceptors (Lipinski definition) is 14. The van der Waals surface area contributed by atoms with Gasteiger partial charge in [0.25, 0.3) is 0 Å². The monoisotopic (exact) mass is 1490 g/mol. The minimum Gasteiger partial charge on any atom is -0.463 e. The van der Waals surface area contributed by atoms with Gasteiger partial charge in [-0.3, -0.25) is 32.5 Å². The van der Waals surface area contributed by atoms with Crippen molar-refractivity contribution in [1.82, 2.24) is 0 Å². The highest BCUT2D eigenvalue weighted by molar-refractivity contribution is 7.47. The fraction of sp³-hybridized carbons (Fsp3) is 0.706. The van der Waals surface area contributed by atoms with E-state index in [-0.39, 0.29) is 19.3 Å². The minimum atomic E-state index is -4.94. The number of phosphoric acid groups is 2. The van der Waals surface area contributed by atoms with Crippen LogP contribution in [0, 0.1) is 0 Å². The summed E-state index contributed by atoms with van der Waals surface area (Å²) in [5.74, 6) is -1.60. The zero-order valence-electron chi connectivity index (χ0n) is 64.7. The molecule has 0 aromatic rings. The molecule has 0 aromatic carbocycles. The lowest BCUT2D eigenvalue weighted by molar-refractivity contribution is -0.161. The first kappa shape index (κ1) is 98.7. The first-order valence-corrected chi connectivity index (χ1v) is 43.5. The Morgan fingerprint density at radius 3 is 0.816 bits per heavy atom. The number of ether oxygens (including phenoxy) is 3. The van der Waals surface area contributed by atoms with Gasteiger partial charge in [0.05, 0.1) is 26.4 Å². The van der Waals surface area contributed by atoms with Crippen molar-refractivity contribution in [3.8, 4) is 0 Å². The normalized spacial score (nSPS) is 14.7. The van der Waals surface area contributed by atoms with E-state index in [1.165, 1.54) is 103 Å². The molecule has 0 fully saturated rings. The maximum Gasteiger partial charge on any atom is 0.472 e. The van der Waals surface area contributed by atoms with E-state index in [0.717, 1.165) is 167 Å². The van der Waals surface area contributed by atoms with Crippen molar-refractivity contribution in [1.29, 1.82) is 0 Å². The Hall–Kier alpha value is -4.31. The molecule has 0 amide bonds. The number of carbonyl (C=O) groups excluding carboxylic acids is 3. The van der Waals surface area contributed by atoms with Gasteiger partial charge in [-0.25, -0.2) is 9.13 Å². The van der Waals surface area contributed by atoms with Gasteiger partial charge in [0.15, 0.2) is 6.10 Å². The molecular formula is C85H146O16P2. The molecule has 0 saturated carbocycles. The number of carbonyl (C=O) groups is 3. The average Bonchev–Trinajstić information content (AvgIpc) is 0.917. The average molecular weight is 1490 g/mol. The Bertz CT molecular complexity index is 2410. The van der Waals surface area contributed by atoms with E-state index in [2.05, 4.69) is 154 Å². The molecule has 0 spiro atoms. The van der Waals surface area contributed by atoms with Crippen molar-refractivity contribution in [2.45, 2.75) is 347 Å². The predicted molar refractivity (Wildman–Crippen MR) is 426 cm³/mol. The summed E-state index contributed by atoms with van der Waals surface area (Å²) in [6.45, 7) is 2.50. The lowest BCUT2D eigenvalue weighted by Crippen LogP contribution is -2.30. The summed E-state index contributed by atoms with van der Waals surface area (Å²) in [5.41, 5.74) is 0. The van der Waals surface area contributed by atoms with E-state index in [4.69, 9.17) is 32.3 Å². The Morgan fingerprint density at radius 2 is 0.515 bits per heavy atom. The third-order valence-corrected chi connectivity index (χ3v) is 18.7. The zero-order chi connectivity index (χ0) is 75.2. The molecule has 0 radical (unpaired) electrons. The van der Waals surface area contributed by atoms with Crippen LogP contribution in [0.25, 0.3) is 0 Å². The third kappa shape index (κ3) is 78.6. The molecule has 0 rings (SSSR count). The lowest BCUT2D eigenvalue weighted by atomic mass is 10.0. The molecule has 0 heterocycles. The highest BCUT2D eigenvalue weighted by atomic mass is 31.2. The van der Waals surface area contributed by atoms with E-state index in [9.17, 15) is 43.5 Å². The van der Waals surface area contributed by atoms with Gasteiger partial charge in [-0.05, 0) is 141 Å². The van der Waals surface area contributed by atoms with Crippen molar-refractivity contribution < 1.29 is 75.8 Å². The van der Waals surface area contributed by atoms with Crippen LogP contribution < -0.4 is 0 Å². The maximum absolute atomic E-state index is 13.0. The molecule has 0 bridgehead atoms. The van der Waals surface area contributed by atoms with Crippen molar-refractivity contribution in [2.24, 2.45) is 0 Å². The number of allylic oxidation sites excluding steroid dienone is 22. The lowest BCUT2D eigenvalue weighted by Gasteiger charge is -2.21. The van der Waals surface area contributed by atoms with Gasteiger partial charge in [-0.1, -0.05) is 302 Å². The van der Waals surface area contributed by atoms with Crippen LogP contribution in [0.5, 0.6) is 0 Å². The Labute approximate surface area is 626 Å². The van der Waals surface area contributed by atoms with Crippen LogP contribution in [0.2, 0.25) is 0 Å². The van der Waals surface area contributed by atoms with E-state index in [0.29, 0.717) is 19.3 Å². The summed E-state index contributed by atoms with van der Waals surface area (Å²) in [4.78, 5) is 58.7. The van der Waals surface area contributed by atoms with Gasteiger partial charge in [-0.2, -0.15) is 0 Å². The number of hydrogen-bond donors (Lipinski definition) is 4. The summed E-state index contributed by atoms with van der Waals surface area (Å²) >= 11 is 0. The highest BCUT2D eigenvalue weighted by Gasteiger charge is 2.29. The van der Waals surface area contributed by atoms with E-state index < -0.39 is 91.5 Å². The largest absolute Gasteiger partial charge is 0.472 e. The third-order valence-electron chi connectivity index (χ3n) is 16.8. The van der Waals surface area contributed by atoms with Gasteiger partial charge in [0.1, 0.15) is 25.4 Å². The number of esters is 3. The zero-order valence-corrected chi connectivity index (χ0v) is 66.5. The molecule has 103 heavy (non-hydrogen) atoms. The number of aliphatic hydroxyl groups is 2. The quantitative estimate of drug-likeness (QED) is 0.0146. The van der Waals surface area contributed by atoms with Crippen molar-refractivity contribution in [3.05, 3.63) is 134 Å². The van der Waals surface area contributed by atoms with E-state index in [1.807, 2.05) is 0 Å². The molecule has 0 saturated heterocycles. The van der Waals surface area contributed by atoms with Gasteiger partial charge in [0.2, 0.25) is 0 Å². The van der Waals surface area contributed by atoms with Crippen LogP contribution in [0.1, 0.15) is 329 Å². The summed E-state index contributed by atoms with van der Waals surface area (Å²) < 4.78 is 61.2. The first-order chi connectivity index (χ1) is 50.2. The molecule has 0 aliphatic heterocycles. The molecule has 18 heteroatoms. The van der Waals surface area contributed by atoms with Crippen LogP contribution >= 0.6 is 15.6 Å². The SMILES string of the molecule is CC/C=C\C/C=C\C/C=C\C/C=C\C/C=C\CCCCCCCCCC(=O)OCC(COP(=O)(O)OCC(O)COP(=O)(O)OCC(O)COC(=O)CCCCCCCCCCCCCCC/C=C\C/C=C\C/C=C\C/C=C\CCCCC)OC(=O)CCCCCCC/C=C\C/C=C\CCCCC. The Kier molecular flexibility index (Phi) is 74.1. The van der Waals surface area contributed by atoms with Crippen LogP contribution in [0.3, 0.4) is 0 Å². The topological polar surface area (TPSA) is 231 Å². The maximum atomic E-state index is 13.0. The molecular weight excluding hydrogens is 1340 g/mol. The van der Waals surface area contributed by atoms with Gasteiger partial charge < -0.3 is 34.2 Å². The predicted octanol–water partition coefficient (Wildman–Crippen LogP) is 23.9. The van der Waals surface area contributed by atoms with Crippen molar-refractivity contribution in [3.63, 3.8) is 0 Å². The van der Waals surface area contributed by atoms with Crippen molar-refractivity contribution in [2.75, 3.05) is 39.6 Å². The molecule has 592 valence electrons. The van der Waals surface area contributed by atoms with Crippen LogP contribution in [0.4, 0.5) is 0 Å². The van der Waals surface area contributed by atoms with Crippen molar-refractivity contribution >= 4 is 33.6 Å². The molecule has 5 atom stereocenters. The second-order valence-corrected chi connectivity index (χ2v) is 29.7. The minimum absolute atomic E-state index is 0.0832. The number of rotatable bonds is 76. The standard InChI is InChI=1S/C85H146O16P2/c1-4-7-10-13-16-19-22-25-28-30-32-34-36-37-38-39-40-41-43-45-46-48-51-53-56-59-62-65-68-71-83(88)95-74-80(86)75-97-102(91,92)98-76-81(87)77-99-103(93,94)100-79-82(101-85(90)73-70-67-64-61-58-55-50-27-24-21-18-15-12-9-6-3)78-96-84(89)72-69-66-63-60-57-54-52-49-47-44-42-35-33-31-29-26-23-20-17-14-11-8-5-2/h8,11,16-21,25-29,32-35,37-38,44,47,50,80-82,86-87H,4-7,9-10,12-15,22-24,30-31,36,39-43,45-46,48-49,51-79H2,1-3H3,(H,91,92)(H,93,94)/b11-8-,19-16-,20-17-,21-18-,28-25-,29-26-,34-32-,35-33-,38-37-,47-44-,50-27-. The smallest absolute Gasteiger partial charge is 0.463 e. The Morgan fingerprint density at radius 1 is 0.282 bits per heavy atom. The fourth-order valence-electron chi connectivity index (χ4n) is 10.7. The van der Waals surface area contributed by atoms with Crippen LogP contribution in [0.15, 0.2) is 134 Å². The van der Waals surface area contributed by atoms with Gasteiger partial charge >= 0.3 is 33.6 Å². The fourth-order valence-corrected chi connectivity index (χ4v) is 12.3. The number of unbranched alkanes of at least 4 members (excludes halogenated alkanes) is 31. The number of aliphatic hydroxyl groups excluding tert-OH is 2. The van der Waals surface area contributed by atoms with E-state index >= 15 is 0 Å². The second kappa shape index (κ2) is 77.3. The van der Waals surface area contributed by atoms with Crippen LogP contribution in [-0.4, -0.2) is 95.9 Å². The summed E-state index contributed by atoms with van der Waals surface area (Å²) in [7, 11) is -9.80. The van der Waals surface area contributed by atoms with E-state index in [1.54, 1.807) is 0 Å². The molecule has 4 N–H and O–H groups in total. The molecule has 5 unspecified atom stereocenters. The first-order valence-electron chi connectivity index (χ1n) is 40.5. The van der Waals surface area contributed by atoms with Crippen LogP contribution in [-0.2, 0) is 55.8 Å². The number of phosphoric ester groups is 2. The Balaban J connectivity index is 4.55. The molecule has 0 aliphatic carbocycles. The summed E-state index contributed by atoms with van der Waals surface area (Å²) in [6.07, 6.45) is 93.5. The highest BCUT2D eigenvalue weighted by Crippen LogP contribution is 2.45.